The maximum atomic E-state index is 13.5. The number of aromatic nitrogens is 2. The van der Waals surface area contributed by atoms with Crippen LogP contribution in [0.1, 0.15) is 30.9 Å². The lowest BCUT2D eigenvalue weighted by Crippen LogP contribution is -2.48. The van der Waals surface area contributed by atoms with E-state index in [1.807, 2.05) is 36.1 Å². The van der Waals surface area contributed by atoms with Gasteiger partial charge in [-0.05, 0) is 68.2 Å². The minimum absolute atomic E-state index is 0.00454. The van der Waals surface area contributed by atoms with Crippen LogP contribution >= 0.6 is 0 Å². The quantitative estimate of drug-likeness (QED) is 0.510. The SMILES string of the molecule is Cn1ncc2ccc(N3CC[C@@H](C(=O)N[C@H](CN4CCCC4)[C@H](O)c4ccc5c(c4)OCCO5)C3)cc21. The second-order valence-corrected chi connectivity index (χ2v) is 10.4. The van der Waals surface area contributed by atoms with E-state index < -0.39 is 12.1 Å². The fraction of sp³-hybridized carbons (Fsp3) is 0.500. The van der Waals surface area contributed by atoms with Crippen LogP contribution in [-0.4, -0.2) is 77.7 Å². The maximum absolute atomic E-state index is 13.5. The summed E-state index contributed by atoms with van der Waals surface area (Å²) in [6, 6.07) is 11.5. The molecule has 0 saturated carbocycles. The second kappa shape index (κ2) is 10.2. The summed E-state index contributed by atoms with van der Waals surface area (Å²) in [5.74, 6) is 1.21. The van der Waals surface area contributed by atoms with Crippen LogP contribution in [-0.2, 0) is 11.8 Å². The molecule has 3 aromatic rings. The number of likely N-dealkylation sites (tertiary alicyclic amines) is 1. The molecule has 37 heavy (non-hydrogen) atoms. The monoisotopic (exact) mass is 505 g/mol. The first-order valence-corrected chi connectivity index (χ1v) is 13.3. The van der Waals surface area contributed by atoms with Gasteiger partial charge in [-0.15, -0.1) is 0 Å². The summed E-state index contributed by atoms with van der Waals surface area (Å²) in [4.78, 5) is 18.1. The molecule has 9 nitrogen and oxygen atoms in total. The zero-order chi connectivity index (χ0) is 25.4. The standard InChI is InChI=1S/C28H35N5O4/c1-31-24-15-22(6-4-20(24)16-29-31)33-11-8-21(17-33)28(35)30-23(18-32-9-2-3-10-32)27(34)19-5-7-25-26(14-19)37-13-12-36-25/h4-7,14-16,21,23,27,34H,2-3,8-13,17-18H2,1H3,(H,30,35)/t21-,23-,27-/m1/s1. The van der Waals surface area contributed by atoms with E-state index in [9.17, 15) is 9.90 Å². The lowest BCUT2D eigenvalue weighted by molar-refractivity contribution is -0.126. The minimum atomic E-state index is -0.842. The minimum Gasteiger partial charge on any atom is -0.486 e. The van der Waals surface area contributed by atoms with Crippen molar-refractivity contribution in [3.8, 4) is 11.5 Å². The Labute approximate surface area is 216 Å². The van der Waals surface area contributed by atoms with Crippen LogP contribution in [0.2, 0.25) is 0 Å². The van der Waals surface area contributed by atoms with Crippen molar-refractivity contribution in [1.82, 2.24) is 20.0 Å². The summed E-state index contributed by atoms with van der Waals surface area (Å²) in [5, 5.41) is 20.1. The summed E-state index contributed by atoms with van der Waals surface area (Å²) in [6.07, 6.45) is 4.11. The average molecular weight is 506 g/mol. The van der Waals surface area contributed by atoms with E-state index in [1.54, 1.807) is 0 Å². The Hall–Kier alpha value is -3.30. The van der Waals surface area contributed by atoms with Crippen LogP contribution in [0.4, 0.5) is 5.69 Å². The molecular weight excluding hydrogens is 470 g/mol. The fourth-order valence-corrected chi connectivity index (χ4v) is 5.78. The molecule has 2 saturated heterocycles. The molecule has 3 atom stereocenters. The van der Waals surface area contributed by atoms with Gasteiger partial charge < -0.3 is 29.7 Å². The van der Waals surface area contributed by atoms with Crippen LogP contribution in [0.25, 0.3) is 10.9 Å². The van der Waals surface area contributed by atoms with Gasteiger partial charge in [-0.1, -0.05) is 6.07 Å². The van der Waals surface area contributed by atoms with Crippen molar-refractivity contribution in [2.45, 2.75) is 31.4 Å². The first kappa shape index (κ1) is 24.1. The molecule has 0 spiro atoms. The van der Waals surface area contributed by atoms with E-state index in [1.165, 1.54) is 0 Å². The molecule has 1 amide bonds. The third-order valence-electron chi connectivity index (χ3n) is 7.93. The number of anilines is 1. The van der Waals surface area contributed by atoms with Crippen molar-refractivity contribution in [2.24, 2.45) is 13.0 Å². The van der Waals surface area contributed by atoms with Crippen LogP contribution in [0.15, 0.2) is 42.6 Å². The number of ether oxygens (including phenoxy) is 2. The molecule has 9 heteroatoms. The zero-order valence-corrected chi connectivity index (χ0v) is 21.3. The number of nitrogens with zero attached hydrogens (tertiary/aromatic N) is 4. The van der Waals surface area contributed by atoms with Gasteiger partial charge in [0.1, 0.15) is 19.3 Å². The highest BCUT2D eigenvalue weighted by atomic mass is 16.6. The number of aryl methyl sites for hydroxylation is 1. The number of hydrogen-bond donors (Lipinski definition) is 2. The normalized spacial score (nSPS) is 21.4. The molecule has 2 fully saturated rings. The molecule has 4 heterocycles. The highest BCUT2D eigenvalue weighted by Crippen LogP contribution is 2.34. The van der Waals surface area contributed by atoms with Crippen molar-refractivity contribution >= 4 is 22.5 Å². The van der Waals surface area contributed by atoms with Gasteiger partial charge in [-0.2, -0.15) is 5.10 Å². The van der Waals surface area contributed by atoms with Gasteiger partial charge in [-0.3, -0.25) is 9.48 Å². The van der Waals surface area contributed by atoms with E-state index in [2.05, 4.69) is 38.4 Å². The number of carbonyl (C=O) groups excluding carboxylic acids is 1. The Morgan fingerprint density at radius 1 is 1.11 bits per heavy atom. The summed E-state index contributed by atoms with van der Waals surface area (Å²) in [7, 11) is 1.94. The highest BCUT2D eigenvalue weighted by Gasteiger charge is 2.33. The predicted molar refractivity (Wildman–Crippen MR) is 141 cm³/mol. The van der Waals surface area contributed by atoms with Crippen molar-refractivity contribution in [3.63, 3.8) is 0 Å². The van der Waals surface area contributed by atoms with Crippen LogP contribution < -0.4 is 19.7 Å². The van der Waals surface area contributed by atoms with Gasteiger partial charge in [0.25, 0.3) is 0 Å². The van der Waals surface area contributed by atoms with E-state index in [0.717, 1.165) is 61.1 Å². The first-order chi connectivity index (χ1) is 18.0. The highest BCUT2D eigenvalue weighted by molar-refractivity contribution is 5.84. The largest absolute Gasteiger partial charge is 0.486 e. The van der Waals surface area contributed by atoms with E-state index in [-0.39, 0.29) is 11.8 Å². The molecule has 2 aromatic carbocycles. The van der Waals surface area contributed by atoms with Crippen LogP contribution in [0, 0.1) is 5.92 Å². The fourth-order valence-electron chi connectivity index (χ4n) is 5.78. The van der Waals surface area contributed by atoms with Gasteiger partial charge >= 0.3 is 0 Å². The third kappa shape index (κ3) is 4.98. The Bertz CT molecular complexity index is 1270. The Kier molecular flexibility index (Phi) is 6.65. The number of nitrogens with one attached hydrogen (secondary N) is 1. The Morgan fingerprint density at radius 2 is 1.92 bits per heavy atom. The lowest BCUT2D eigenvalue weighted by Gasteiger charge is -2.30. The number of hydrogen-bond acceptors (Lipinski definition) is 7. The number of fused-ring (bicyclic) bond motifs is 2. The summed E-state index contributed by atoms with van der Waals surface area (Å²) in [5.41, 5.74) is 2.92. The zero-order valence-electron chi connectivity index (χ0n) is 21.3. The molecule has 3 aliphatic heterocycles. The molecular formula is C28H35N5O4. The van der Waals surface area contributed by atoms with E-state index >= 15 is 0 Å². The predicted octanol–water partition coefficient (Wildman–Crippen LogP) is 2.48. The molecule has 196 valence electrons. The van der Waals surface area contributed by atoms with Crippen molar-refractivity contribution in [2.75, 3.05) is 50.8 Å². The molecule has 2 N–H and O–H groups in total. The molecule has 0 radical (unpaired) electrons. The lowest BCUT2D eigenvalue weighted by atomic mass is 9.99. The molecule has 0 unspecified atom stereocenters. The first-order valence-electron chi connectivity index (χ1n) is 13.3. The summed E-state index contributed by atoms with van der Waals surface area (Å²) < 4.78 is 13.2. The number of aliphatic hydroxyl groups is 1. The second-order valence-electron chi connectivity index (χ2n) is 10.4. The summed E-state index contributed by atoms with van der Waals surface area (Å²) >= 11 is 0. The molecule has 1 aromatic heterocycles. The molecule has 6 rings (SSSR count). The topological polar surface area (TPSA) is 92.1 Å². The Balaban J connectivity index is 1.16. The van der Waals surface area contributed by atoms with Crippen molar-refractivity contribution in [3.05, 3.63) is 48.2 Å². The van der Waals surface area contributed by atoms with Crippen molar-refractivity contribution in [1.29, 1.82) is 0 Å². The maximum Gasteiger partial charge on any atom is 0.225 e. The summed E-state index contributed by atoms with van der Waals surface area (Å²) in [6.45, 7) is 5.11. The smallest absolute Gasteiger partial charge is 0.225 e. The number of carbonyl (C=O) groups is 1. The number of amides is 1. The van der Waals surface area contributed by atoms with Gasteiger partial charge in [-0.25, -0.2) is 0 Å². The molecule has 0 aliphatic carbocycles. The molecule has 0 bridgehead atoms. The van der Waals surface area contributed by atoms with Gasteiger partial charge in [0, 0.05) is 37.8 Å². The van der Waals surface area contributed by atoms with Crippen LogP contribution in [0.3, 0.4) is 0 Å². The van der Waals surface area contributed by atoms with E-state index in [0.29, 0.717) is 37.8 Å². The van der Waals surface area contributed by atoms with Crippen LogP contribution in [0.5, 0.6) is 11.5 Å². The Morgan fingerprint density at radius 3 is 2.76 bits per heavy atom. The van der Waals surface area contributed by atoms with E-state index in [4.69, 9.17) is 9.47 Å². The van der Waals surface area contributed by atoms with Gasteiger partial charge in [0.05, 0.1) is 23.7 Å². The number of rotatable bonds is 7. The van der Waals surface area contributed by atoms with Gasteiger partial charge in [0.15, 0.2) is 11.5 Å². The third-order valence-corrected chi connectivity index (χ3v) is 7.93. The number of aliphatic hydroxyl groups excluding tert-OH is 1. The average Bonchev–Trinajstić information content (AvgIpc) is 3.69. The molecule has 3 aliphatic rings. The van der Waals surface area contributed by atoms with Crippen molar-refractivity contribution < 1.29 is 19.4 Å². The van der Waals surface area contributed by atoms with Gasteiger partial charge in [0.2, 0.25) is 5.91 Å². The number of benzene rings is 2.